The minimum Gasteiger partial charge on any atom is -0.329 e. The lowest BCUT2D eigenvalue weighted by molar-refractivity contribution is 0.0978. The van der Waals surface area contributed by atoms with Crippen molar-refractivity contribution in [2.45, 2.75) is 45.4 Å². The van der Waals surface area contributed by atoms with Crippen molar-refractivity contribution >= 4 is 28.6 Å². The molecule has 0 aliphatic heterocycles. The Kier molecular flexibility index (Phi) is 8.32. The number of benzene rings is 2. The molecular formula is C31H34ClN5O. The normalized spacial score (nSPS) is 12.9. The van der Waals surface area contributed by atoms with E-state index in [4.69, 9.17) is 17.3 Å². The summed E-state index contributed by atoms with van der Waals surface area (Å²) in [7, 11) is 0. The second-order valence-electron chi connectivity index (χ2n) is 9.96. The Balaban J connectivity index is 1.23. The van der Waals surface area contributed by atoms with Crippen LogP contribution in [0.25, 0.3) is 22.5 Å². The number of aryl methyl sites for hydroxylation is 1. The number of aromatic nitrogens is 3. The molecule has 0 saturated heterocycles. The molecule has 1 aliphatic rings. The van der Waals surface area contributed by atoms with Crippen LogP contribution in [0, 0.1) is 6.92 Å². The third kappa shape index (κ3) is 6.04. The average Bonchev–Trinajstić information content (AvgIpc) is 3.55. The molecule has 2 aromatic carbocycles. The Labute approximate surface area is 229 Å². The number of imidazole rings is 1. The summed E-state index contributed by atoms with van der Waals surface area (Å²) in [6.07, 6.45) is 11.1. The molecule has 4 aromatic rings. The van der Waals surface area contributed by atoms with E-state index in [2.05, 4.69) is 31.8 Å². The SMILES string of the molecule is Cc1cc(C2=C(Cc3nccn4c(-c5ccc(Cl)cc5)cnc34)C2)ccc1C(=O)CCCCCNCCN. The number of rotatable bonds is 13. The molecule has 38 heavy (non-hydrogen) atoms. The fraction of sp³-hybridized carbons (Fsp3) is 0.323. The molecule has 0 bridgehead atoms. The number of nitrogens with two attached hydrogens (primary N) is 1. The molecule has 196 valence electrons. The number of allylic oxidation sites excluding steroid dienone is 2. The minimum absolute atomic E-state index is 0.237. The zero-order chi connectivity index (χ0) is 26.5. The fourth-order valence-electron chi connectivity index (χ4n) is 5.02. The van der Waals surface area contributed by atoms with Gasteiger partial charge in [0.25, 0.3) is 0 Å². The minimum atomic E-state index is 0.237. The molecule has 0 atom stereocenters. The van der Waals surface area contributed by atoms with Gasteiger partial charge in [0.1, 0.15) is 0 Å². The molecule has 1 aliphatic carbocycles. The molecule has 0 fully saturated rings. The van der Waals surface area contributed by atoms with Gasteiger partial charge in [-0.3, -0.25) is 14.2 Å². The number of halogens is 1. The van der Waals surface area contributed by atoms with Crippen LogP contribution < -0.4 is 11.1 Å². The first-order valence-electron chi connectivity index (χ1n) is 13.4. The summed E-state index contributed by atoms with van der Waals surface area (Å²) < 4.78 is 2.09. The van der Waals surface area contributed by atoms with Gasteiger partial charge in [0.05, 0.1) is 17.6 Å². The van der Waals surface area contributed by atoms with Crippen molar-refractivity contribution in [2.24, 2.45) is 5.73 Å². The topological polar surface area (TPSA) is 85.3 Å². The lowest BCUT2D eigenvalue weighted by Gasteiger charge is -2.07. The molecule has 0 amide bonds. The monoisotopic (exact) mass is 527 g/mol. The van der Waals surface area contributed by atoms with Gasteiger partial charge in [-0.05, 0) is 61.6 Å². The van der Waals surface area contributed by atoms with E-state index in [0.717, 1.165) is 78.9 Å². The van der Waals surface area contributed by atoms with Crippen molar-refractivity contribution in [3.05, 3.63) is 94.0 Å². The van der Waals surface area contributed by atoms with Gasteiger partial charge in [-0.1, -0.05) is 53.9 Å². The highest BCUT2D eigenvalue weighted by atomic mass is 35.5. The smallest absolute Gasteiger partial charge is 0.163 e. The van der Waals surface area contributed by atoms with Crippen molar-refractivity contribution in [3.63, 3.8) is 0 Å². The number of fused-ring (bicyclic) bond motifs is 1. The first kappa shape index (κ1) is 26.3. The largest absolute Gasteiger partial charge is 0.329 e. The van der Waals surface area contributed by atoms with Crippen LogP contribution in [-0.2, 0) is 6.42 Å². The molecule has 5 rings (SSSR count). The van der Waals surface area contributed by atoms with Crippen LogP contribution in [0.15, 0.2) is 66.6 Å². The van der Waals surface area contributed by atoms with Crippen LogP contribution in [0.1, 0.15) is 59.3 Å². The molecule has 7 heteroatoms. The van der Waals surface area contributed by atoms with E-state index in [1.165, 1.54) is 16.7 Å². The Morgan fingerprint density at radius 1 is 1.05 bits per heavy atom. The maximum absolute atomic E-state index is 12.8. The first-order chi connectivity index (χ1) is 18.5. The average molecular weight is 528 g/mol. The number of carbonyl (C=O) groups excluding carboxylic acids is 1. The number of hydrogen-bond acceptors (Lipinski definition) is 5. The van der Waals surface area contributed by atoms with Crippen molar-refractivity contribution in [2.75, 3.05) is 19.6 Å². The zero-order valence-corrected chi connectivity index (χ0v) is 22.6. The number of Topliss-reactive ketones (excluding diaryl/α,β-unsaturated/α-hetero) is 1. The second-order valence-corrected chi connectivity index (χ2v) is 10.4. The van der Waals surface area contributed by atoms with Crippen LogP contribution in [0.4, 0.5) is 0 Å². The third-order valence-corrected chi connectivity index (χ3v) is 7.42. The number of nitrogens with one attached hydrogen (secondary N) is 1. The number of ketones is 1. The van der Waals surface area contributed by atoms with Crippen LogP contribution in [0.2, 0.25) is 5.02 Å². The lowest BCUT2D eigenvalue weighted by Crippen LogP contribution is -2.23. The van der Waals surface area contributed by atoms with E-state index in [1.54, 1.807) is 0 Å². The van der Waals surface area contributed by atoms with Gasteiger partial charge in [0.15, 0.2) is 11.4 Å². The quantitative estimate of drug-likeness (QED) is 0.163. The van der Waals surface area contributed by atoms with E-state index < -0.39 is 0 Å². The van der Waals surface area contributed by atoms with E-state index >= 15 is 0 Å². The molecule has 6 nitrogen and oxygen atoms in total. The van der Waals surface area contributed by atoms with E-state index in [-0.39, 0.29) is 5.78 Å². The summed E-state index contributed by atoms with van der Waals surface area (Å²) >= 11 is 6.06. The van der Waals surface area contributed by atoms with Gasteiger partial charge in [0, 0.05) is 54.5 Å². The third-order valence-electron chi connectivity index (χ3n) is 7.17. The highest BCUT2D eigenvalue weighted by Gasteiger charge is 2.25. The molecular weight excluding hydrogens is 494 g/mol. The number of unbranched alkanes of at least 4 members (excludes halogenated alkanes) is 2. The molecule has 0 unspecified atom stereocenters. The van der Waals surface area contributed by atoms with Gasteiger partial charge in [-0.25, -0.2) is 4.98 Å². The Hall–Kier alpha value is -3.32. The number of carbonyl (C=O) groups is 1. The molecule has 2 heterocycles. The molecule has 3 N–H and O–H groups in total. The van der Waals surface area contributed by atoms with Gasteiger partial charge in [-0.2, -0.15) is 0 Å². The van der Waals surface area contributed by atoms with Crippen molar-refractivity contribution in [3.8, 4) is 11.3 Å². The zero-order valence-electron chi connectivity index (χ0n) is 21.8. The number of hydrogen-bond donors (Lipinski definition) is 2. The van der Waals surface area contributed by atoms with Gasteiger partial charge in [-0.15, -0.1) is 0 Å². The fourth-order valence-corrected chi connectivity index (χ4v) is 5.14. The predicted octanol–water partition coefficient (Wildman–Crippen LogP) is 6.05. The molecule has 0 spiro atoms. The van der Waals surface area contributed by atoms with Gasteiger partial charge in [0.2, 0.25) is 0 Å². The highest BCUT2D eigenvalue weighted by molar-refractivity contribution is 6.30. The highest BCUT2D eigenvalue weighted by Crippen LogP contribution is 2.42. The summed E-state index contributed by atoms with van der Waals surface area (Å²) in [5.74, 6) is 0.237. The summed E-state index contributed by atoms with van der Waals surface area (Å²) in [5.41, 5.74) is 15.3. The maximum atomic E-state index is 12.8. The Morgan fingerprint density at radius 3 is 2.66 bits per heavy atom. The van der Waals surface area contributed by atoms with Crippen molar-refractivity contribution in [1.29, 1.82) is 0 Å². The molecule has 0 saturated carbocycles. The van der Waals surface area contributed by atoms with Crippen LogP contribution in [0.5, 0.6) is 0 Å². The van der Waals surface area contributed by atoms with Gasteiger partial charge < -0.3 is 11.1 Å². The van der Waals surface area contributed by atoms with E-state index in [1.807, 2.05) is 55.8 Å². The Morgan fingerprint density at radius 2 is 1.87 bits per heavy atom. The predicted molar refractivity (Wildman–Crippen MR) is 155 cm³/mol. The van der Waals surface area contributed by atoms with Gasteiger partial charge >= 0.3 is 0 Å². The molecule has 2 aromatic heterocycles. The maximum Gasteiger partial charge on any atom is 0.163 e. The van der Waals surface area contributed by atoms with Crippen LogP contribution >= 0.6 is 11.6 Å². The lowest BCUT2D eigenvalue weighted by atomic mass is 9.97. The summed E-state index contributed by atoms with van der Waals surface area (Å²) in [6.45, 7) is 4.52. The van der Waals surface area contributed by atoms with E-state index in [9.17, 15) is 4.79 Å². The van der Waals surface area contributed by atoms with Crippen molar-refractivity contribution < 1.29 is 4.79 Å². The van der Waals surface area contributed by atoms with Crippen LogP contribution in [-0.4, -0.2) is 39.8 Å². The van der Waals surface area contributed by atoms with Crippen molar-refractivity contribution in [1.82, 2.24) is 19.7 Å². The summed E-state index contributed by atoms with van der Waals surface area (Å²) in [6, 6.07) is 14.1. The summed E-state index contributed by atoms with van der Waals surface area (Å²) in [4.78, 5) is 22.1. The second kappa shape index (κ2) is 12.0. The summed E-state index contributed by atoms with van der Waals surface area (Å²) in [5, 5.41) is 4.01. The molecule has 0 radical (unpaired) electrons. The van der Waals surface area contributed by atoms with Crippen LogP contribution in [0.3, 0.4) is 0 Å². The first-order valence-corrected chi connectivity index (χ1v) is 13.8. The van der Waals surface area contributed by atoms with E-state index in [0.29, 0.717) is 18.0 Å². The Bertz CT molecular complexity index is 1470. The number of nitrogens with zero attached hydrogens (tertiary/aromatic N) is 3. The standard InChI is InChI=1S/C31H34ClN5O/c1-21-17-23(8-11-26(21)30(38)5-3-2-4-13-34-14-12-33)27-18-24(27)19-28-31-36-20-29(37(31)16-15-35-28)22-6-9-25(32)10-7-22/h6-11,15-17,20,34H,2-5,12-14,18-19,33H2,1H3.